The normalized spacial score (nSPS) is 12.0. The molecule has 8 nitrogen and oxygen atoms in total. The molecule has 226 valence electrons. The van der Waals surface area contributed by atoms with Crippen LogP contribution in [0.25, 0.3) is 0 Å². The van der Waals surface area contributed by atoms with Crippen LogP contribution in [-0.4, -0.2) is 57.6 Å². The smallest absolute Gasteiger partial charge is 0.243 e. The fraction of sp³-hybridized carbons (Fsp3) is 0.375. The third-order valence-electron chi connectivity index (χ3n) is 6.73. The summed E-state index contributed by atoms with van der Waals surface area (Å²) >= 11 is 0. The summed E-state index contributed by atoms with van der Waals surface area (Å²) in [6, 6.07) is 21.1. The Kier molecular flexibility index (Phi) is 11.9. The van der Waals surface area contributed by atoms with Crippen LogP contribution in [0, 0.1) is 11.7 Å². The number of hydrogen-bond acceptors (Lipinski definition) is 5. The van der Waals surface area contributed by atoms with E-state index >= 15 is 0 Å². The van der Waals surface area contributed by atoms with Crippen molar-refractivity contribution < 1.29 is 27.1 Å². The van der Waals surface area contributed by atoms with Crippen LogP contribution in [0.2, 0.25) is 0 Å². The highest BCUT2D eigenvalue weighted by Gasteiger charge is 2.30. The Balaban J connectivity index is 1.86. The van der Waals surface area contributed by atoms with Gasteiger partial charge in [0.05, 0.1) is 19.1 Å². The maximum atomic E-state index is 13.8. The van der Waals surface area contributed by atoms with Crippen LogP contribution in [0.4, 0.5) is 10.1 Å². The Morgan fingerprint density at radius 3 is 2.14 bits per heavy atom. The third-order valence-corrected chi connectivity index (χ3v) is 7.93. The van der Waals surface area contributed by atoms with Crippen LogP contribution in [-0.2, 0) is 32.6 Å². The topological polar surface area (TPSA) is 96.0 Å². The van der Waals surface area contributed by atoms with Crippen molar-refractivity contribution in [2.24, 2.45) is 5.92 Å². The first kappa shape index (κ1) is 32.6. The summed E-state index contributed by atoms with van der Waals surface area (Å²) in [6.45, 7) is 4.60. The first-order valence-electron chi connectivity index (χ1n) is 13.9. The molecule has 0 fully saturated rings. The third kappa shape index (κ3) is 9.87. The van der Waals surface area contributed by atoms with Crippen LogP contribution in [0.15, 0.2) is 78.9 Å². The van der Waals surface area contributed by atoms with Gasteiger partial charge in [0, 0.05) is 32.5 Å². The Hall–Kier alpha value is -3.92. The van der Waals surface area contributed by atoms with Crippen molar-refractivity contribution in [1.82, 2.24) is 10.2 Å². The van der Waals surface area contributed by atoms with E-state index in [2.05, 4.69) is 5.32 Å². The molecule has 1 atom stereocenters. The molecule has 3 rings (SSSR count). The van der Waals surface area contributed by atoms with Gasteiger partial charge in [-0.05, 0) is 59.9 Å². The largest absolute Gasteiger partial charge is 0.497 e. The molecule has 1 N–H and O–H groups in total. The number of benzene rings is 3. The van der Waals surface area contributed by atoms with Gasteiger partial charge < -0.3 is 15.0 Å². The second-order valence-electron chi connectivity index (χ2n) is 10.6. The zero-order valence-corrected chi connectivity index (χ0v) is 25.4. The number of halogens is 1. The second kappa shape index (κ2) is 15.3. The number of amides is 2. The lowest BCUT2D eigenvalue weighted by Crippen LogP contribution is -2.51. The molecular weight excluding hydrogens is 557 g/mol. The highest BCUT2D eigenvalue weighted by Crippen LogP contribution is 2.23. The van der Waals surface area contributed by atoms with Gasteiger partial charge in [-0.1, -0.05) is 56.3 Å². The minimum absolute atomic E-state index is 0.00607. The van der Waals surface area contributed by atoms with Gasteiger partial charge in [0.1, 0.15) is 17.6 Å². The number of hydrogen-bond donors (Lipinski definition) is 1. The van der Waals surface area contributed by atoms with Crippen molar-refractivity contribution in [3.63, 3.8) is 0 Å². The highest BCUT2D eigenvalue weighted by molar-refractivity contribution is 7.92. The number of methoxy groups -OCH3 is 1. The van der Waals surface area contributed by atoms with Crippen molar-refractivity contribution in [2.75, 3.05) is 30.8 Å². The number of nitrogens with zero attached hydrogens (tertiary/aromatic N) is 2. The van der Waals surface area contributed by atoms with Crippen LogP contribution in [0.1, 0.15) is 37.8 Å². The predicted octanol–water partition coefficient (Wildman–Crippen LogP) is 4.79. The van der Waals surface area contributed by atoms with Gasteiger partial charge in [-0.2, -0.15) is 0 Å². The van der Waals surface area contributed by atoms with Gasteiger partial charge in [-0.25, -0.2) is 12.8 Å². The lowest BCUT2D eigenvalue weighted by Gasteiger charge is -2.32. The van der Waals surface area contributed by atoms with Gasteiger partial charge >= 0.3 is 0 Å². The molecular formula is C32H40FN3O5S. The Morgan fingerprint density at radius 1 is 0.929 bits per heavy atom. The Labute approximate surface area is 248 Å². The fourth-order valence-corrected chi connectivity index (χ4v) is 5.48. The fourth-order valence-electron chi connectivity index (χ4n) is 4.52. The number of ether oxygens (including phenoxy) is 1. The number of anilines is 1. The van der Waals surface area contributed by atoms with Gasteiger partial charge in [0.25, 0.3) is 0 Å². The summed E-state index contributed by atoms with van der Waals surface area (Å²) in [5, 5.41) is 2.97. The highest BCUT2D eigenvalue weighted by atomic mass is 32.2. The number of sulfonamides is 1. The van der Waals surface area contributed by atoms with E-state index in [1.165, 1.54) is 28.4 Å². The quantitative estimate of drug-likeness (QED) is 0.272. The Morgan fingerprint density at radius 2 is 1.57 bits per heavy atom. The molecule has 0 aromatic heterocycles. The molecule has 42 heavy (non-hydrogen) atoms. The van der Waals surface area contributed by atoms with E-state index in [0.717, 1.165) is 11.8 Å². The zero-order valence-electron chi connectivity index (χ0n) is 24.6. The maximum Gasteiger partial charge on any atom is 0.243 e. The molecule has 0 aliphatic rings. The summed E-state index contributed by atoms with van der Waals surface area (Å²) in [7, 11) is -2.10. The van der Waals surface area contributed by atoms with Crippen LogP contribution < -0.4 is 14.4 Å². The number of carbonyl (C=O) groups is 2. The standard InChI is InChI=1S/C32H40FN3O5S/c1-24(2)22-34-32(38)30(21-25-9-6-5-7-10-25)35(23-26-12-14-27(33)15-13-26)31(37)11-8-20-36(42(4,39)40)28-16-18-29(41-3)19-17-28/h5-7,9-10,12-19,24,30H,8,11,20-23H2,1-4H3,(H,34,38)/t30-/m0/s1. The number of nitrogens with one attached hydrogen (secondary N) is 1. The van der Waals surface area contributed by atoms with Crippen molar-refractivity contribution in [3.05, 3.63) is 95.8 Å². The van der Waals surface area contributed by atoms with Crippen molar-refractivity contribution in [1.29, 1.82) is 0 Å². The van der Waals surface area contributed by atoms with Crippen LogP contribution in [0.3, 0.4) is 0 Å². The average molecular weight is 598 g/mol. The second-order valence-corrected chi connectivity index (χ2v) is 12.5. The molecule has 0 bridgehead atoms. The van der Waals surface area contributed by atoms with Gasteiger partial charge in [0.15, 0.2) is 0 Å². The summed E-state index contributed by atoms with van der Waals surface area (Å²) in [6.07, 6.45) is 1.64. The van der Waals surface area contributed by atoms with E-state index in [1.807, 2.05) is 44.2 Å². The summed E-state index contributed by atoms with van der Waals surface area (Å²) in [5.41, 5.74) is 2.03. The molecule has 0 aliphatic heterocycles. The average Bonchev–Trinajstić information content (AvgIpc) is 2.96. The van der Waals surface area contributed by atoms with Crippen molar-refractivity contribution in [2.45, 2.75) is 45.7 Å². The number of carbonyl (C=O) groups excluding carboxylic acids is 2. The van der Waals surface area contributed by atoms with Crippen molar-refractivity contribution >= 4 is 27.5 Å². The molecule has 0 heterocycles. The summed E-state index contributed by atoms with van der Waals surface area (Å²) in [4.78, 5) is 28.9. The van der Waals surface area contributed by atoms with E-state index in [4.69, 9.17) is 4.74 Å². The lowest BCUT2D eigenvalue weighted by molar-refractivity contribution is -0.141. The van der Waals surface area contributed by atoms with Gasteiger partial charge in [0.2, 0.25) is 21.8 Å². The summed E-state index contributed by atoms with van der Waals surface area (Å²) in [5.74, 6) is -0.166. The van der Waals surface area contributed by atoms with E-state index in [-0.39, 0.29) is 43.7 Å². The molecule has 3 aromatic rings. The maximum absolute atomic E-state index is 13.8. The first-order valence-corrected chi connectivity index (χ1v) is 15.8. The van der Waals surface area contributed by atoms with E-state index in [9.17, 15) is 22.4 Å². The Bertz CT molecular complexity index is 1400. The lowest BCUT2D eigenvalue weighted by atomic mass is 10.0. The summed E-state index contributed by atoms with van der Waals surface area (Å²) < 4.78 is 45.3. The zero-order chi connectivity index (χ0) is 30.7. The molecule has 0 radical (unpaired) electrons. The van der Waals surface area contributed by atoms with Gasteiger partial charge in [-0.15, -0.1) is 0 Å². The van der Waals surface area contributed by atoms with Gasteiger partial charge in [-0.3, -0.25) is 13.9 Å². The molecule has 0 unspecified atom stereocenters. The molecule has 2 amide bonds. The molecule has 0 aliphatic carbocycles. The minimum Gasteiger partial charge on any atom is -0.497 e. The monoisotopic (exact) mass is 597 g/mol. The SMILES string of the molecule is COc1ccc(N(CCCC(=O)N(Cc2ccc(F)cc2)[C@@H](Cc2ccccc2)C(=O)NCC(C)C)S(C)(=O)=O)cc1. The van der Waals surface area contributed by atoms with Crippen LogP contribution >= 0.6 is 0 Å². The van der Waals surface area contributed by atoms with Crippen LogP contribution in [0.5, 0.6) is 5.75 Å². The minimum atomic E-state index is -3.63. The predicted molar refractivity (Wildman–Crippen MR) is 163 cm³/mol. The molecule has 0 saturated carbocycles. The van der Waals surface area contributed by atoms with E-state index in [1.54, 1.807) is 36.4 Å². The molecule has 0 saturated heterocycles. The number of rotatable bonds is 15. The molecule has 10 heteroatoms. The first-order chi connectivity index (χ1) is 20.0. The van der Waals surface area contributed by atoms with E-state index in [0.29, 0.717) is 30.0 Å². The molecule has 3 aromatic carbocycles. The molecule has 0 spiro atoms. The van der Waals surface area contributed by atoms with E-state index < -0.39 is 21.9 Å². The van der Waals surface area contributed by atoms with Crippen molar-refractivity contribution in [3.8, 4) is 5.75 Å².